The van der Waals surface area contributed by atoms with Gasteiger partial charge < -0.3 is 9.47 Å². The molecular weight excluding hydrogens is 339 g/mol. The van der Waals surface area contributed by atoms with Crippen LogP contribution in [0.15, 0.2) is 12.1 Å². The number of nitrogens with zero attached hydrogens (tertiary/aromatic N) is 3. The number of aryl methyl sites for hydroxylation is 1. The van der Waals surface area contributed by atoms with E-state index < -0.39 is 6.61 Å². The van der Waals surface area contributed by atoms with Crippen molar-refractivity contribution in [3.63, 3.8) is 0 Å². The maximum atomic E-state index is 12.4. The van der Waals surface area contributed by atoms with E-state index in [1.54, 1.807) is 6.07 Å². The number of hydrogen-bond acceptors (Lipinski definition) is 4. The van der Waals surface area contributed by atoms with Crippen molar-refractivity contribution in [1.82, 2.24) is 14.8 Å². The lowest BCUT2D eigenvalue weighted by Gasteiger charge is -2.07. The number of aromatic nitrogens is 3. The van der Waals surface area contributed by atoms with Crippen molar-refractivity contribution < 1.29 is 18.3 Å². The summed E-state index contributed by atoms with van der Waals surface area (Å²) < 4.78 is 35.5. The van der Waals surface area contributed by atoms with Crippen LogP contribution < -0.4 is 9.47 Å². The van der Waals surface area contributed by atoms with E-state index in [4.69, 9.17) is 34.4 Å². The minimum Gasteiger partial charge on any atom is -0.464 e. The van der Waals surface area contributed by atoms with Gasteiger partial charge in [0.25, 0.3) is 0 Å². The van der Waals surface area contributed by atoms with E-state index in [2.05, 4.69) is 20.7 Å². The molecule has 2 aromatic rings. The minimum absolute atomic E-state index is 0.0504. The lowest BCUT2D eigenvalue weighted by Crippen LogP contribution is -2.06. The zero-order chi connectivity index (χ0) is 16.3. The highest BCUT2D eigenvalue weighted by atomic mass is 35.5. The van der Waals surface area contributed by atoms with Gasteiger partial charge in [-0.2, -0.15) is 13.9 Å². The Kier molecular flexibility index (Phi) is 5.06. The number of hydrogen-bond donors (Lipinski definition) is 0. The van der Waals surface area contributed by atoms with Crippen molar-refractivity contribution >= 4 is 23.2 Å². The van der Waals surface area contributed by atoms with Gasteiger partial charge in [0.05, 0.1) is 5.56 Å². The van der Waals surface area contributed by atoms with Crippen LogP contribution in [0, 0.1) is 12.3 Å². The topological polar surface area (TPSA) is 49.2 Å². The molecule has 0 amide bonds. The van der Waals surface area contributed by atoms with Crippen LogP contribution in [0.2, 0.25) is 10.2 Å². The quantitative estimate of drug-likeness (QED) is 0.614. The fourth-order valence-electron chi connectivity index (χ4n) is 1.69. The van der Waals surface area contributed by atoms with E-state index in [0.717, 1.165) is 4.68 Å². The summed E-state index contributed by atoms with van der Waals surface area (Å²) in [6.45, 7) is -3.08. The molecule has 22 heavy (non-hydrogen) atoms. The van der Waals surface area contributed by atoms with Crippen LogP contribution in [-0.4, -0.2) is 28.0 Å². The van der Waals surface area contributed by atoms with E-state index in [1.165, 1.54) is 13.1 Å². The Hall–Kier alpha value is -2.04. The molecule has 0 aliphatic carbocycles. The summed E-state index contributed by atoms with van der Waals surface area (Å²) in [7, 11) is 1.42. The zero-order valence-corrected chi connectivity index (χ0v) is 12.7. The molecule has 0 saturated carbocycles. The molecule has 9 heteroatoms. The Morgan fingerprint density at radius 3 is 2.77 bits per heavy atom. The van der Waals surface area contributed by atoms with Crippen molar-refractivity contribution in [2.75, 3.05) is 6.61 Å². The third kappa shape index (κ3) is 3.40. The first-order valence-electron chi connectivity index (χ1n) is 5.84. The van der Waals surface area contributed by atoms with Crippen LogP contribution in [-0.2, 0) is 7.05 Å². The number of terminal acetylenes is 1. The maximum absolute atomic E-state index is 12.4. The van der Waals surface area contributed by atoms with Gasteiger partial charge in [-0.3, -0.25) is 0 Å². The highest BCUT2D eigenvalue weighted by Gasteiger charge is 2.23. The Balaban J connectivity index is 2.50. The Bertz CT molecular complexity index is 729. The van der Waals surface area contributed by atoms with Crippen LogP contribution in [0.1, 0.15) is 0 Å². The number of ether oxygens (including phenoxy) is 2. The Morgan fingerprint density at radius 2 is 2.14 bits per heavy atom. The third-order valence-corrected chi connectivity index (χ3v) is 3.07. The molecule has 0 radical (unpaired) electrons. The lowest BCUT2D eigenvalue weighted by molar-refractivity contribution is -0.0552. The number of pyridine rings is 1. The third-order valence-electron chi connectivity index (χ3n) is 2.51. The van der Waals surface area contributed by atoms with Gasteiger partial charge in [0.1, 0.15) is 15.9 Å². The largest absolute Gasteiger partial charge is 0.464 e. The van der Waals surface area contributed by atoms with E-state index in [0.29, 0.717) is 5.56 Å². The average Bonchev–Trinajstić information content (AvgIpc) is 2.73. The summed E-state index contributed by atoms with van der Waals surface area (Å²) in [5.74, 6) is 2.10. The molecule has 2 rings (SSSR count). The summed E-state index contributed by atoms with van der Waals surface area (Å²) in [5.41, 5.74) is 0.514. The van der Waals surface area contributed by atoms with Gasteiger partial charge in [0.2, 0.25) is 11.8 Å². The number of halogens is 4. The second-order valence-electron chi connectivity index (χ2n) is 3.95. The average molecular weight is 348 g/mol. The first-order valence-corrected chi connectivity index (χ1v) is 6.60. The minimum atomic E-state index is -3.03. The molecule has 0 saturated heterocycles. The first-order chi connectivity index (χ1) is 10.4. The smallest absolute Gasteiger partial charge is 0.388 e. The van der Waals surface area contributed by atoms with Crippen molar-refractivity contribution in [3.05, 3.63) is 22.3 Å². The van der Waals surface area contributed by atoms with Crippen LogP contribution in [0.4, 0.5) is 8.78 Å². The molecule has 2 heterocycles. The van der Waals surface area contributed by atoms with Crippen molar-refractivity contribution in [3.8, 4) is 35.4 Å². The predicted molar refractivity (Wildman–Crippen MR) is 77.4 cm³/mol. The van der Waals surface area contributed by atoms with E-state index >= 15 is 0 Å². The van der Waals surface area contributed by atoms with E-state index in [9.17, 15) is 8.78 Å². The van der Waals surface area contributed by atoms with Crippen LogP contribution in [0.3, 0.4) is 0 Å². The first kappa shape index (κ1) is 16.3. The lowest BCUT2D eigenvalue weighted by atomic mass is 10.2. The summed E-state index contributed by atoms with van der Waals surface area (Å²) in [6.07, 6.45) is 5.13. The summed E-state index contributed by atoms with van der Waals surface area (Å²) in [5, 5.41) is 4.12. The molecule has 0 fully saturated rings. The van der Waals surface area contributed by atoms with Crippen LogP contribution in [0.5, 0.6) is 11.8 Å². The molecule has 0 aliphatic rings. The molecule has 5 nitrogen and oxygen atoms in total. The predicted octanol–water partition coefficient (Wildman–Crippen LogP) is 3.40. The fourth-order valence-corrected chi connectivity index (χ4v) is 2.13. The highest BCUT2D eigenvalue weighted by Crippen LogP contribution is 2.39. The molecule has 0 bridgehead atoms. The molecule has 2 aromatic heterocycles. The molecule has 0 aromatic carbocycles. The summed E-state index contributed by atoms with van der Waals surface area (Å²) in [6, 6.07) is 3.03. The van der Waals surface area contributed by atoms with Gasteiger partial charge in [-0.1, -0.05) is 29.1 Å². The van der Waals surface area contributed by atoms with Gasteiger partial charge >= 0.3 is 6.61 Å². The SMILES string of the molecule is C#CCOc1nc(Cl)ccc1-c1nn(C)c(OC(F)F)c1Cl. The molecule has 0 unspecified atom stereocenters. The van der Waals surface area contributed by atoms with Crippen molar-refractivity contribution in [2.45, 2.75) is 6.61 Å². The van der Waals surface area contributed by atoms with E-state index in [1.807, 2.05) is 0 Å². The Labute approximate surface area is 134 Å². The Morgan fingerprint density at radius 1 is 1.41 bits per heavy atom. The highest BCUT2D eigenvalue weighted by molar-refractivity contribution is 6.34. The zero-order valence-electron chi connectivity index (χ0n) is 11.2. The van der Waals surface area contributed by atoms with Crippen LogP contribution >= 0.6 is 23.2 Å². The maximum Gasteiger partial charge on any atom is 0.388 e. The van der Waals surface area contributed by atoms with Gasteiger partial charge in [0, 0.05) is 7.05 Å². The van der Waals surface area contributed by atoms with Gasteiger partial charge in [-0.25, -0.2) is 9.67 Å². The molecule has 0 N–H and O–H groups in total. The molecule has 116 valence electrons. The normalized spacial score (nSPS) is 10.6. The molecule has 0 aliphatic heterocycles. The van der Waals surface area contributed by atoms with Gasteiger partial charge in [-0.05, 0) is 12.1 Å². The number of rotatable bonds is 5. The molecule has 0 spiro atoms. The molecule has 0 atom stereocenters. The standard InChI is InChI=1S/C13H9Cl2F2N3O2/c1-3-6-21-11-7(4-5-8(14)18-11)10-9(15)12(20(2)19-10)22-13(16)17/h1,4-5,13H,6H2,2H3. The fraction of sp³-hybridized carbons (Fsp3) is 0.231. The van der Waals surface area contributed by atoms with Crippen molar-refractivity contribution in [1.29, 1.82) is 0 Å². The second-order valence-corrected chi connectivity index (χ2v) is 4.71. The monoisotopic (exact) mass is 347 g/mol. The van der Waals surface area contributed by atoms with Gasteiger partial charge in [-0.15, -0.1) is 6.42 Å². The summed E-state index contributed by atoms with van der Waals surface area (Å²) >= 11 is 11.9. The van der Waals surface area contributed by atoms with Crippen LogP contribution in [0.25, 0.3) is 11.3 Å². The summed E-state index contributed by atoms with van der Waals surface area (Å²) in [4.78, 5) is 3.98. The number of alkyl halides is 2. The van der Waals surface area contributed by atoms with Gasteiger partial charge in [0.15, 0.2) is 6.61 Å². The van der Waals surface area contributed by atoms with Crippen molar-refractivity contribution in [2.24, 2.45) is 7.05 Å². The van der Waals surface area contributed by atoms with E-state index in [-0.39, 0.29) is 34.2 Å². The second kappa shape index (κ2) is 6.81. The molecular formula is C13H9Cl2F2N3O2.